The van der Waals surface area contributed by atoms with Gasteiger partial charge in [-0.3, -0.25) is 9.89 Å². The Kier molecular flexibility index (Phi) is 4.26. The van der Waals surface area contributed by atoms with E-state index in [0.717, 1.165) is 19.3 Å². The van der Waals surface area contributed by atoms with Gasteiger partial charge in [-0.25, -0.2) is 0 Å². The molecule has 2 N–H and O–H groups in total. The average Bonchev–Trinajstić information content (AvgIpc) is 3.17. The molecule has 1 aliphatic rings. The van der Waals surface area contributed by atoms with Gasteiger partial charge in [0.1, 0.15) is 11.4 Å². The number of aromatic amines is 1. The van der Waals surface area contributed by atoms with E-state index in [9.17, 15) is 9.90 Å². The fourth-order valence-corrected chi connectivity index (χ4v) is 3.20. The zero-order valence-electron chi connectivity index (χ0n) is 13.6. The lowest BCUT2D eigenvalue weighted by Crippen LogP contribution is -2.40. The van der Waals surface area contributed by atoms with E-state index in [1.165, 1.54) is 0 Å². The maximum Gasteiger partial charge on any atom is 0.271 e. The van der Waals surface area contributed by atoms with Gasteiger partial charge in [-0.1, -0.05) is 0 Å². The van der Waals surface area contributed by atoms with Gasteiger partial charge in [0.05, 0.1) is 11.9 Å². The Labute approximate surface area is 135 Å². The highest BCUT2D eigenvalue weighted by atomic mass is 16.3. The first-order valence-electron chi connectivity index (χ1n) is 8.03. The van der Waals surface area contributed by atoms with Crippen molar-refractivity contribution in [1.29, 1.82) is 0 Å². The van der Waals surface area contributed by atoms with Crippen molar-refractivity contribution < 1.29 is 14.3 Å². The van der Waals surface area contributed by atoms with Crippen LogP contribution >= 0.6 is 0 Å². The maximum atomic E-state index is 12.5. The van der Waals surface area contributed by atoms with Crippen LogP contribution in [0.3, 0.4) is 0 Å². The predicted molar refractivity (Wildman–Crippen MR) is 85.8 cm³/mol. The summed E-state index contributed by atoms with van der Waals surface area (Å²) in [6, 6.07) is 5.33. The quantitative estimate of drug-likeness (QED) is 0.908. The van der Waals surface area contributed by atoms with Gasteiger partial charge in [0.2, 0.25) is 0 Å². The molecule has 1 amide bonds. The summed E-state index contributed by atoms with van der Waals surface area (Å²) in [6.07, 6.45) is 4.21. The van der Waals surface area contributed by atoms with Gasteiger partial charge in [0.25, 0.3) is 5.91 Å². The Balaban J connectivity index is 1.60. The first kappa shape index (κ1) is 15.8. The second-order valence-corrected chi connectivity index (χ2v) is 6.90. The van der Waals surface area contributed by atoms with E-state index < -0.39 is 5.60 Å². The maximum absolute atomic E-state index is 12.5. The van der Waals surface area contributed by atoms with Crippen molar-refractivity contribution in [2.45, 2.75) is 38.7 Å². The molecule has 1 aliphatic heterocycles. The van der Waals surface area contributed by atoms with E-state index in [1.54, 1.807) is 18.4 Å². The van der Waals surface area contributed by atoms with Gasteiger partial charge in [-0.15, -0.1) is 0 Å². The Bertz CT molecular complexity index is 647. The highest BCUT2D eigenvalue weighted by Crippen LogP contribution is 2.27. The molecule has 0 atom stereocenters. The second-order valence-electron chi connectivity index (χ2n) is 6.90. The lowest BCUT2D eigenvalue weighted by molar-refractivity contribution is 0.0357. The van der Waals surface area contributed by atoms with Crippen LogP contribution in [-0.4, -0.2) is 44.8 Å². The molecule has 3 rings (SSSR count). The topological polar surface area (TPSA) is 82.4 Å². The molecule has 0 bridgehead atoms. The number of nitrogens with zero attached hydrogens (tertiary/aromatic N) is 2. The monoisotopic (exact) mass is 317 g/mol. The molecule has 6 heteroatoms. The predicted octanol–water partition coefficient (Wildman–Crippen LogP) is 2.68. The smallest absolute Gasteiger partial charge is 0.271 e. The third-order valence-electron chi connectivity index (χ3n) is 4.27. The highest BCUT2D eigenvalue weighted by molar-refractivity contribution is 5.93. The minimum absolute atomic E-state index is 0.0305. The Morgan fingerprint density at radius 1 is 1.48 bits per heavy atom. The number of amides is 1. The van der Waals surface area contributed by atoms with Crippen molar-refractivity contribution >= 4 is 5.91 Å². The van der Waals surface area contributed by atoms with E-state index in [2.05, 4.69) is 10.2 Å². The molecule has 0 saturated carbocycles. The number of furan rings is 1. The minimum atomic E-state index is -0.641. The van der Waals surface area contributed by atoms with Crippen molar-refractivity contribution in [1.82, 2.24) is 15.1 Å². The number of piperidine rings is 1. The fraction of sp³-hybridized carbons (Fsp3) is 0.529. The molecular formula is C17H23N3O3. The molecule has 0 spiro atoms. The first-order chi connectivity index (χ1) is 10.9. The van der Waals surface area contributed by atoms with E-state index >= 15 is 0 Å². The lowest BCUT2D eigenvalue weighted by atomic mass is 9.86. The van der Waals surface area contributed by atoms with Crippen molar-refractivity contribution in [2.75, 3.05) is 13.1 Å². The molecule has 3 heterocycles. The van der Waals surface area contributed by atoms with Gasteiger partial charge in [0, 0.05) is 19.2 Å². The average molecular weight is 317 g/mol. The molecule has 1 fully saturated rings. The molecule has 23 heavy (non-hydrogen) atoms. The molecule has 2 aromatic rings. The molecule has 1 saturated heterocycles. The summed E-state index contributed by atoms with van der Waals surface area (Å²) < 4.78 is 5.29. The number of carbonyl (C=O) groups is 1. The molecule has 0 aromatic carbocycles. The van der Waals surface area contributed by atoms with E-state index in [1.807, 2.05) is 24.8 Å². The van der Waals surface area contributed by atoms with E-state index in [0.29, 0.717) is 36.2 Å². The van der Waals surface area contributed by atoms with Crippen molar-refractivity contribution in [2.24, 2.45) is 5.92 Å². The molecule has 0 radical (unpaired) electrons. The number of likely N-dealkylation sites (tertiary alicyclic amines) is 1. The zero-order valence-corrected chi connectivity index (χ0v) is 13.6. The van der Waals surface area contributed by atoms with Gasteiger partial charge >= 0.3 is 0 Å². The van der Waals surface area contributed by atoms with E-state index in [-0.39, 0.29) is 5.91 Å². The van der Waals surface area contributed by atoms with Gasteiger partial charge in [0.15, 0.2) is 5.76 Å². The first-order valence-corrected chi connectivity index (χ1v) is 8.03. The van der Waals surface area contributed by atoms with Crippen LogP contribution in [0.25, 0.3) is 11.5 Å². The number of rotatable bonds is 4. The standard InChI is InChI=1S/C17H23N3O3/c1-17(2,22)11-12-5-7-20(8-6-12)16(21)14-10-13(18-19-14)15-4-3-9-23-15/h3-4,9-10,12,22H,5-8,11H2,1-2H3,(H,18,19). The Morgan fingerprint density at radius 2 is 2.22 bits per heavy atom. The fourth-order valence-electron chi connectivity index (χ4n) is 3.20. The Hall–Kier alpha value is -2.08. The normalized spacial score (nSPS) is 16.7. The number of hydrogen-bond donors (Lipinski definition) is 2. The number of H-pyrrole nitrogens is 1. The lowest BCUT2D eigenvalue weighted by Gasteiger charge is -2.34. The van der Waals surface area contributed by atoms with Crippen LogP contribution in [0, 0.1) is 5.92 Å². The molecule has 6 nitrogen and oxygen atoms in total. The van der Waals surface area contributed by atoms with Gasteiger partial charge in [-0.05, 0) is 51.2 Å². The molecule has 124 valence electrons. The number of nitrogens with one attached hydrogen (secondary N) is 1. The highest BCUT2D eigenvalue weighted by Gasteiger charge is 2.28. The number of carbonyl (C=O) groups excluding carboxylic acids is 1. The summed E-state index contributed by atoms with van der Waals surface area (Å²) in [6.45, 7) is 5.11. The minimum Gasteiger partial charge on any atom is -0.463 e. The number of aromatic nitrogens is 2. The molecule has 0 unspecified atom stereocenters. The van der Waals surface area contributed by atoms with Crippen LogP contribution in [0.5, 0.6) is 0 Å². The summed E-state index contributed by atoms with van der Waals surface area (Å²) in [7, 11) is 0. The molecular weight excluding hydrogens is 294 g/mol. The zero-order chi connectivity index (χ0) is 16.4. The number of aliphatic hydroxyl groups is 1. The molecule has 2 aromatic heterocycles. The summed E-state index contributed by atoms with van der Waals surface area (Å²) in [5, 5.41) is 16.9. The summed E-state index contributed by atoms with van der Waals surface area (Å²) in [5.41, 5.74) is 0.477. The van der Waals surface area contributed by atoms with Crippen LogP contribution in [0.15, 0.2) is 28.9 Å². The second kappa shape index (κ2) is 6.20. The van der Waals surface area contributed by atoms with Crippen LogP contribution in [0.1, 0.15) is 43.6 Å². The summed E-state index contributed by atoms with van der Waals surface area (Å²) in [5.74, 6) is 1.08. The summed E-state index contributed by atoms with van der Waals surface area (Å²) >= 11 is 0. The summed E-state index contributed by atoms with van der Waals surface area (Å²) in [4.78, 5) is 14.4. The Morgan fingerprint density at radius 3 is 2.83 bits per heavy atom. The number of hydrogen-bond acceptors (Lipinski definition) is 4. The van der Waals surface area contributed by atoms with Gasteiger partial charge in [-0.2, -0.15) is 5.10 Å². The SMILES string of the molecule is CC(C)(O)CC1CCN(C(=O)c2cc(-c3ccco3)n[nH]2)CC1. The van der Waals surface area contributed by atoms with Crippen LogP contribution in [0.2, 0.25) is 0 Å². The third kappa shape index (κ3) is 3.82. The van der Waals surface area contributed by atoms with Gasteiger partial charge < -0.3 is 14.4 Å². The van der Waals surface area contributed by atoms with Crippen LogP contribution in [-0.2, 0) is 0 Å². The van der Waals surface area contributed by atoms with Crippen LogP contribution in [0.4, 0.5) is 0 Å². The van der Waals surface area contributed by atoms with Crippen LogP contribution < -0.4 is 0 Å². The van der Waals surface area contributed by atoms with E-state index in [4.69, 9.17) is 4.42 Å². The van der Waals surface area contributed by atoms with Crippen molar-refractivity contribution in [3.8, 4) is 11.5 Å². The largest absolute Gasteiger partial charge is 0.463 e. The van der Waals surface area contributed by atoms with Crippen molar-refractivity contribution in [3.63, 3.8) is 0 Å². The molecule has 0 aliphatic carbocycles. The van der Waals surface area contributed by atoms with Crippen molar-refractivity contribution in [3.05, 3.63) is 30.2 Å². The third-order valence-corrected chi connectivity index (χ3v) is 4.27.